The summed E-state index contributed by atoms with van der Waals surface area (Å²) < 4.78 is 40.5. The molecule has 1 aliphatic heterocycles. The van der Waals surface area contributed by atoms with Crippen LogP contribution in [0, 0.1) is 0 Å². The van der Waals surface area contributed by atoms with Crippen LogP contribution in [0.2, 0.25) is 0 Å². The maximum atomic E-state index is 12.0. The lowest BCUT2D eigenvalue weighted by Crippen LogP contribution is -2.41. The van der Waals surface area contributed by atoms with Gasteiger partial charge in [-0.15, -0.1) is 0 Å². The molecule has 0 atom stereocenters. The van der Waals surface area contributed by atoms with Crippen molar-refractivity contribution in [1.82, 2.24) is 15.6 Å². The summed E-state index contributed by atoms with van der Waals surface area (Å²) >= 11 is 0. The first kappa shape index (κ1) is 15.4. The van der Waals surface area contributed by atoms with Gasteiger partial charge >= 0.3 is 6.18 Å². The molecule has 8 heteroatoms. The Morgan fingerprint density at radius 1 is 1.33 bits per heavy atom. The van der Waals surface area contributed by atoms with Gasteiger partial charge in [-0.2, -0.15) is 13.2 Å². The second-order valence-electron chi connectivity index (χ2n) is 4.60. The van der Waals surface area contributed by atoms with Crippen molar-refractivity contribution in [3.8, 4) is 5.88 Å². The first-order valence-corrected chi connectivity index (χ1v) is 6.69. The van der Waals surface area contributed by atoms with Gasteiger partial charge in [0.25, 0.3) is 0 Å². The number of ether oxygens (including phenoxy) is 1. The number of hydrogen-bond acceptors (Lipinski definition) is 5. The van der Waals surface area contributed by atoms with E-state index in [2.05, 4.69) is 25.3 Å². The highest BCUT2D eigenvalue weighted by Gasteiger charge is 2.28. The minimum absolute atomic E-state index is 0.0256. The van der Waals surface area contributed by atoms with E-state index in [-0.39, 0.29) is 5.88 Å². The third-order valence-electron chi connectivity index (χ3n) is 2.78. The molecule has 0 aliphatic carbocycles. The fraction of sp³-hybridized carbons (Fsp3) is 0.538. The highest BCUT2D eigenvalue weighted by atomic mass is 19.4. The van der Waals surface area contributed by atoms with E-state index in [0.717, 1.165) is 31.0 Å². The average Bonchev–Trinajstić information content (AvgIpc) is 2.47. The third kappa shape index (κ3) is 5.88. The van der Waals surface area contributed by atoms with Crippen molar-refractivity contribution in [3.05, 3.63) is 23.9 Å². The molecule has 2 N–H and O–H groups in total. The molecule has 0 radical (unpaired) electrons. The number of nitrogens with zero attached hydrogens (tertiary/aromatic N) is 2. The molecule has 1 aromatic rings. The lowest BCUT2D eigenvalue weighted by Gasteiger charge is -2.15. The van der Waals surface area contributed by atoms with E-state index in [0.29, 0.717) is 13.0 Å². The topological polar surface area (TPSA) is 58.5 Å². The van der Waals surface area contributed by atoms with Crippen LogP contribution in [0.3, 0.4) is 0 Å². The predicted molar refractivity (Wildman–Crippen MR) is 72.4 cm³/mol. The highest BCUT2D eigenvalue weighted by Crippen LogP contribution is 2.17. The van der Waals surface area contributed by atoms with Gasteiger partial charge in [-0.1, -0.05) is 6.07 Å². The molecule has 0 saturated carbocycles. The fourth-order valence-corrected chi connectivity index (χ4v) is 1.78. The van der Waals surface area contributed by atoms with E-state index in [9.17, 15) is 13.2 Å². The molecule has 0 fully saturated rings. The second-order valence-corrected chi connectivity index (χ2v) is 4.60. The van der Waals surface area contributed by atoms with Crippen molar-refractivity contribution in [3.63, 3.8) is 0 Å². The maximum Gasteiger partial charge on any atom is 0.422 e. The summed E-state index contributed by atoms with van der Waals surface area (Å²) in [7, 11) is 0. The minimum Gasteiger partial charge on any atom is -0.468 e. The third-order valence-corrected chi connectivity index (χ3v) is 2.78. The number of alkyl halides is 3. The summed E-state index contributed by atoms with van der Waals surface area (Å²) in [6.07, 6.45) is -1.09. The van der Waals surface area contributed by atoms with Crippen LogP contribution in [0.25, 0.3) is 0 Å². The van der Waals surface area contributed by atoms with Gasteiger partial charge in [-0.05, 0) is 18.4 Å². The zero-order chi connectivity index (χ0) is 15.1. The van der Waals surface area contributed by atoms with Crippen molar-refractivity contribution < 1.29 is 17.9 Å². The average molecular weight is 302 g/mol. The predicted octanol–water partition coefficient (Wildman–Crippen LogP) is 1.50. The van der Waals surface area contributed by atoms with Gasteiger partial charge in [0.2, 0.25) is 5.88 Å². The van der Waals surface area contributed by atoms with Gasteiger partial charge in [0.1, 0.15) is 0 Å². The van der Waals surface area contributed by atoms with Gasteiger partial charge < -0.3 is 15.4 Å². The van der Waals surface area contributed by atoms with Crippen molar-refractivity contribution in [2.24, 2.45) is 4.99 Å². The molecule has 0 saturated heterocycles. The van der Waals surface area contributed by atoms with Crippen molar-refractivity contribution in [2.75, 3.05) is 26.2 Å². The molecule has 2 heterocycles. The Kier molecular flexibility index (Phi) is 5.24. The van der Waals surface area contributed by atoms with Crippen molar-refractivity contribution in [1.29, 1.82) is 0 Å². The number of aromatic nitrogens is 1. The smallest absolute Gasteiger partial charge is 0.422 e. The lowest BCUT2D eigenvalue weighted by molar-refractivity contribution is -0.154. The Labute approximate surface area is 120 Å². The zero-order valence-corrected chi connectivity index (χ0v) is 11.4. The van der Waals surface area contributed by atoms with E-state index in [4.69, 9.17) is 0 Å². The van der Waals surface area contributed by atoms with E-state index in [1.54, 1.807) is 6.07 Å². The number of rotatable bonds is 5. The fourth-order valence-electron chi connectivity index (χ4n) is 1.78. The summed E-state index contributed by atoms with van der Waals surface area (Å²) in [5, 5.41) is 6.30. The minimum atomic E-state index is -4.35. The number of halogens is 3. The highest BCUT2D eigenvalue weighted by molar-refractivity contribution is 5.80. The number of hydrogen-bond donors (Lipinski definition) is 2. The number of pyridine rings is 1. The lowest BCUT2D eigenvalue weighted by atomic mass is 10.2. The molecule has 21 heavy (non-hydrogen) atoms. The molecule has 2 rings (SSSR count). The Bertz CT molecular complexity index is 473. The van der Waals surface area contributed by atoms with Crippen LogP contribution >= 0.6 is 0 Å². The zero-order valence-electron chi connectivity index (χ0n) is 11.4. The number of nitrogens with one attached hydrogen (secondary N) is 2. The molecule has 1 aliphatic rings. The SMILES string of the molecule is FC(F)(F)COc1ccc(CCNC2=NCCCN2)cn1. The summed E-state index contributed by atoms with van der Waals surface area (Å²) in [5.74, 6) is 0.765. The number of guanidine groups is 1. The molecule has 0 amide bonds. The summed E-state index contributed by atoms with van der Waals surface area (Å²) in [4.78, 5) is 8.13. The van der Waals surface area contributed by atoms with Crippen molar-refractivity contribution >= 4 is 5.96 Å². The summed E-state index contributed by atoms with van der Waals surface area (Å²) in [6.45, 7) is 1.09. The van der Waals surface area contributed by atoms with E-state index >= 15 is 0 Å². The van der Waals surface area contributed by atoms with Gasteiger partial charge in [-0.3, -0.25) is 4.99 Å². The van der Waals surface area contributed by atoms with Crippen LogP contribution in [0.1, 0.15) is 12.0 Å². The van der Waals surface area contributed by atoms with Crippen molar-refractivity contribution in [2.45, 2.75) is 19.0 Å². The first-order chi connectivity index (χ1) is 10.0. The van der Waals surface area contributed by atoms with E-state index in [1.807, 2.05) is 0 Å². The molecular weight excluding hydrogens is 285 g/mol. The molecule has 0 unspecified atom stereocenters. The maximum absolute atomic E-state index is 12.0. The Balaban J connectivity index is 1.73. The van der Waals surface area contributed by atoms with Gasteiger partial charge in [0.05, 0.1) is 0 Å². The van der Waals surface area contributed by atoms with Crippen LogP contribution in [-0.2, 0) is 6.42 Å². The van der Waals surface area contributed by atoms with Crippen LogP contribution < -0.4 is 15.4 Å². The van der Waals surface area contributed by atoms with Gasteiger partial charge in [0, 0.05) is 31.9 Å². The van der Waals surface area contributed by atoms with Crippen LogP contribution in [0.5, 0.6) is 5.88 Å². The second kappa shape index (κ2) is 7.14. The van der Waals surface area contributed by atoms with Gasteiger partial charge in [0.15, 0.2) is 12.6 Å². The normalized spacial score (nSPS) is 15.1. The molecular formula is C13H17F3N4O. The Morgan fingerprint density at radius 2 is 2.19 bits per heavy atom. The van der Waals surface area contributed by atoms with E-state index in [1.165, 1.54) is 12.3 Å². The Hall–Kier alpha value is -1.99. The molecule has 5 nitrogen and oxygen atoms in total. The quantitative estimate of drug-likeness (QED) is 0.865. The van der Waals surface area contributed by atoms with Crippen LogP contribution in [0.15, 0.2) is 23.3 Å². The Morgan fingerprint density at radius 3 is 2.81 bits per heavy atom. The number of aliphatic imine (C=N–C) groups is 1. The molecule has 0 spiro atoms. The van der Waals surface area contributed by atoms with Crippen LogP contribution in [0.4, 0.5) is 13.2 Å². The van der Waals surface area contributed by atoms with E-state index < -0.39 is 12.8 Å². The van der Waals surface area contributed by atoms with Gasteiger partial charge in [-0.25, -0.2) is 4.98 Å². The summed E-state index contributed by atoms with van der Waals surface area (Å²) in [5.41, 5.74) is 0.915. The molecule has 1 aromatic heterocycles. The molecule has 0 bridgehead atoms. The van der Waals surface area contributed by atoms with Crippen LogP contribution in [-0.4, -0.2) is 43.4 Å². The first-order valence-electron chi connectivity index (χ1n) is 6.69. The standard InChI is InChI=1S/C13H17F3N4O/c14-13(15,16)9-21-11-3-2-10(8-20-11)4-7-19-12-17-5-1-6-18-12/h2-3,8H,1,4-7,9H2,(H2,17,18,19). The largest absolute Gasteiger partial charge is 0.468 e. The molecule has 0 aromatic carbocycles. The monoisotopic (exact) mass is 302 g/mol. The molecule has 116 valence electrons. The summed E-state index contributed by atoms with van der Waals surface area (Å²) in [6, 6.07) is 3.15.